The maximum atomic E-state index is 15.5. The van der Waals surface area contributed by atoms with E-state index in [2.05, 4.69) is 21.7 Å². The SMILES string of the molecule is C=CCn1nc(-c2cccc(NS(=O)(=O)C3CC3)c2)c2c(c(Nc3ccc(I)cc3F)c(F)c(=O)n2C)c1=O. The average molecular weight is 665 g/mol. The summed E-state index contributed by atoms with van der Waals surface area (Å²) in [5.74, 6) is -1.97. The zero-order chi connectivity index (χ0) is 28.1. The van der Waals surface area contributed by atoms with Crippen LogP contribution in [0.3, 0.4) is 0 Å². The Morgan fingerprint density at radius 1 is 1.15 bits per heavy atom. The number of hydrogen-bond acceptors (Lipinski definition) is 6. The number of pyridine rings is 1. The first kappa shape index (κ1) is 27.0. The molecule has 1 fully saturated rings. The van der Waals surface area contributed by atoms with Crippen LogP contribution in [-0.2, 0) is 23.6 Å². The van der Waals surface area contributed by atoms with Crippen molar-refractivity contribution in [1.82, 2.24) is 14.3 Å². The van der Waals surface area contributed by atoms with E-state index in [1.807, 2.05) is 22.6 Å². The summed E-state index contributed by atoms with van der Waals surface area (Å²) in [4.78, 5) is 26.5. The Balaban J connectivity index is 1.79. The molecule has 0 saturated heterocycles. The monoisotopic (exact) mass is 665 g/mol. The Hall–Kier alpha value is -3.59. The molecular formula is C26H22F2IN5O4S. The summed E-state index contributed by atoms with van der Waals surface area (Å²) in [6.45, 7) is 3.60. The van der Waals surface area contributed by atoms with Crippen LogP contribution in [-0.4, -0.2) is 28.0 Å². The largest absolute Gasteiger partial charge is 0.350 e. The second-order valence-electron chi connectivity index (χ2n) is 9.08. The lowest BCUT2D eigenvalue weighted by Crippen LogP contribution is -2.30. The number of sulfonamides is 1. The minimum atomic E-state index is -3.56. The molecule has 0 aliphatic heterocycles. The number of nitrogens with one attached hydrogen (secondary N) is 2. The van der Waals surface area contributed by atoms with Crippen LogP contribution in [0.15, 0.2) is 64.7 Å². The fourth-order valence-corrected chi connectivity index (χ4v) is 6.05. The second-order valence-corrected chi connectivity index (χ2v) is 12.3. The highest BCUT2D eigenvalue weighted by Crippen LogP contribution is 2.34. The summed E-state index contributed by atoms with van der Waals surface area (Å²) < 4.78 is 60.3. The number of rotatable bonds is 8. The molecule has 1 aliphatic carbocycles. The van der Waals surface area contributed by atoms with Crippen molar-refractivity contribution in [2.75, 3.05) is 10.0 Å². The maximum absolute atomic E-state index is 15.5. The van der Waals surface area contributed by atoms with Crippen molar-refractivity contribution in [1.29, 1.82) is 0 Å². The molecule has 202 valence electrons. The van der Waals surface area contributed by atoms with Crippen molar-refractivity contribution in [2.24, 2.45) is 7.05 Å². The number of hydrogen-bond donors (Lipinski definition) is 2. The Labute approximate surface area is 235 Å². The third kappa shape index (κ3) is 5.07. The molecule has 9 nitrogen and oxygen atoms in total. The van der Waals surface area contributed by atoms with Gasteiger partial charge in [0.05, 0.1) is 34.1 Å². The van der Waals surface area contributed by atoms with Crippen LogP contribution >= 0.6 is 22.6 Å². The fourth-order valence-electron chi connectivity index (χ4n) is 4.22. The average Bonchev–Trinajstić information content (AvgIpc) is 3.74. The molecule has 13 heteroatoms. The molecule has 39 heavy (non-hydrogen) atoms. The quantitative estimate of drug-likeness (QED) is 0.212. The third-order valence-electron chi connectivity index (χ3n) is 6.28. The van der Waals surface area contributed by atoms with E-state index in [-0.39, 0.29) is 34.5 Å². The smallest absolute Gasteiger partial charge is 0.289 e. The van der Waals surface area contributed by atoms with Gasteiger partial charge < -0.3 is 9.88 Å². The molecule has 0 unspecified atom stereocenters. The lowest BCUT2D eigenvalue weighted by atomic mass is 10.1. The van der Waals surface area contributed by atoms with Gasteiger partial charge in [-0.25, -0.2) is 17.5 Å². The number of aryl methyl sites for hydroxylation is 1. The number of benzene rings is 2. The van der Waals surface area contributed by atoms with Crippen LogP contribution in [0, 0.1) is 15.2 Å². The minimum Gasteiger partial charge on any atom is -0.350 e. The van der Waals surface area contributed by atoms with Crippen molar-refractivity contribution in [3.05, 3.63) is 91.0 Å². The minimum absolute atomic E-state index is 0.0117. The fraction of sp³-hybridized carbons (Fsp3) is 0.192. The van der Waals surface area contributed by atoms with E-state index in [0.717, 1.165) is 9.25 Å². The number of nitrogens with zero attached hydrogens (tertiary/aromatic N) is 3. The van der Waals surface area contributed by atoms with Gasteiger partial charge >= 0.3 is 0 Å². The Morgan fingerprint density at radius 3 is 2.56 bits per heavy atom. The van der Waals surface area contributed by atoms with Gasteiger partial charge in [0.15, 0.2) is 0 Å². The van der Waals surface area contributed by atoms with Crippen LogP contribution in [0.5, 0.6) is 0 Å². The van der Waals surface area contributed by atoms with Crippen molar-refractivity contribution >= 4 is 60.6 Å². The zero-order valence-corrected chi connectivity index (χ0v) is 23.5. The highest BCUT2D eigenvalue weighted by atomic mass is 127. The molecule has 5 rings (SSSR count). The summed E-state index contributed by atoms with van der Waals surface area (Å²) in [5, 5.41) is 6.35. The van der Waals surface area contributed by atoms with Gasteiger partial charge in [0.2, 0.25) is 15.8 Å². The van der Waals surface area contributed by atoms with E-state index in [0.29, 0.717) is 22.0 Å². The third-order valence-corrected chi connectivity index (χ3v) is 8.82. The van der Waals surface area contributed by atoms with Crippen molar-refractivity contribution in [2.45, 2.75) is 24.6 Å². The predicted molar refractivity (Wildman–Crippen MR) is 155 cm³/mol. The molecule has 0 amide bonds. The van der Waals surface area contributed by atoms with Crippen LogP contribution in [0.1, 0.15) is 12.8 Å². The van der Waals surface area contributed by atoms with Crippen molar-refractivity contribution in [3.63, 3.8) is 0 Å². The number of anilines is 3. The van der Waals surface area contributed by atoms with Crippen molar-refractivity contribution < 1.29 is 17.2 Å². The van der Waals surface area contributed by atoms with Gasteiger partial charge in [-0.1, -0.05) is 18.2 Å². The van der Waals surface area contributed by atoms with Crippen molar-refractivity contribution in [3.8, 4) is 11.3 Å². The molecule has 1 saturated carbocycles. The van der Waals surface area contributed by atoms with Gasteiger partial charge in [0.25, 0.3) is 11.1 Å². The second kappa shape index (κ2) is 10.2. The molecule has 2 aromatic carbocycles. The molecule has 2 heterocycles. The Bertz CT molecular complexity index is 1880. The molecule has 0 spiro atoms. The van der Waals surface area contributed by atoms with Crippen LogP contribution in [0.2, 0.25) is 0 Å². The Morgan fingerprint density at radius 2 is 1.90 bits per heavy atom. The van der Waals surface area contributed by atoms with Gasteiger partial charge in [0, 0.05) is 21.9 Å². The van der Waals surface area contributed by atoms with Gasteiger partial charge in [0.1, 0.15) is 11.5 Å². The normalized spacial score (nSPS) is 13.4. The maximum Gasteiger partial charge on any atom is 0.289 e. The van der Waals surface area contributed by atoms with E-state index < -0.39 is 43.7 Å². The molecule has 2 aromatic heterocycles. The van der Waals surface area contributed by atoms with Gasteiger partial charge in [-0.3, -0.25) is 14.3 Å². The highest BCUT2D eigenvalue weighted by Gasteiger charge is 2.35. The molecule has 1 aliphatic rings. The van der Waals surface area contributed by atoms with Gasteiger partial charge in [-0.05, 0) is 65.8 Å². The van der Waals surface area contributed by atoms with Crippen LogP contribution < -0.4 is 21.2 Å². The summed E-state index contributed by atoms with van der Waals surface area (Å²) in [5.41, 5.74) is -1.69. The summed E-state index contributed by atoms with van der Waals surface area (Å²) in [7, 11) is -2.27. The van der Waals surface area contributed by atoms with E-state index in [1.54, 1.807) is 24.3 Å². The molecule has 0 radical (unpaired) electrons. The lowest BCUT2D eigenvalue weighted by molar-refractivity contribution is 0.597. The number of allylic oxidation sites excluding steroid dienone is 1. The molecule has 4 aromatic rings. The van der Waals surface area contributed by atoms with Crippen LogP contribution in [0.25, 0.3) is 22.2 Å². The first-order chi connectivity index (χ1) is 18.5. The van der Waals surface area contributed by atoms with Gasteiger partial charge in [-0.2, -0.15) is 9.49 Å². The Kier molecular flexibility index (Phi) is 7.05. The number of fused-ring (bicyclic) bond motifs is 1. The summed E-state index contributed by atoms with van der Waals surface area (Å²) >= 11 is 1.92. The standard InChI is InChI=1S/C26H22F2IN5O4S/c1-3-11-34-25(35)20-23(30-19-10-7-15(29)13-18(19)27)21(28)26(36)33(2)24(20)22(31-34)14-5-4-6-16(12-14)32-39(37,38)17-8-9-17/h3-7,10,12-13,17,30,32H,1,8-9,11H2,2H3. The van der Waals surface area contributed by atoms with E-state index in [4.69, 9.17) is 0 Å². The first-order valence-electron chi connectivity index (χ1n) is 11.8. The predicted octanol–water partition coefficient (Wildman–Crippen LogP) is 4.48. The van der Waals surface area contributed by atoms with E-state index >= 15 is 4.39 Å². The van der Waals surface area contributed by atoms with Crippen LogP contribution in [0.4, 0.5) is 25.8 Å². The summed E-state index contributed by atoms with van der Waals surface area (Å²) in [6, 6.07) is 10.5. The topological polar surface area (TPSA) is 115 Å². The molecule has 0 bridgehead atoms. The zero-order valence-electron chi connectivity index (χ0n) is 20.5. The first-order valence-corrected chi connectivity index (χ1v) is 14.4. The molecule has 2 N–H and O–H groups in total. The molecule has 0 atom stereocenters. The van der Waals surface area contributed by atoms with E-state index in [9.17, 15) is 22.4 Å². The van der Waals surface area contributed by atoms with E-state index in [1.165, 1.54) is 31.3 Å². The highest BCUT2D eigenvalue weighted by molar-refractivity contribution is 14.1. The van der Waals surface area contributed by atoms with Gasteiger partial charge in [-0.15, -0.1) is 6.58 Å². The molecular weight excluding hydrogens is 643 g/mol. The number of halogens is 3. The lowest BCUT2D eigenvalue weighted by Gasteiger charge is -2.18. The summed E-state index contributed by atoms with van der Waals surface area (Å²) in [6.07, 6.45) is 2.59. The number of aromatic nitrogens is 3.